The molecule has 0 heterocycles. The average molecular weight is 297 g/mol. The van der Waals surface area contributed by atoms with Gasteiger partial charge in [0.05, 0.1) is 12.2 Å². The third-order valence-corrected chi connectivity index (χ3v) is 2.64. The summed E-state index contributed by atoms with van der Waals surface area (Å²) in [6.07, 6.45) is -2.23. The topological polar surface area (TPSA) is 50.1 Å². The molecule has 6 heteroatoms. The number of carbonyl (C=O) groups is 1. The number of hydrogen-bond acceptors (Lipinski definition) is 3. The molecule has 0 radical (unpaired) electrons. The van der Waals surface area contributed by atoms with Gasteiger partial charge in [0.1, 0.15) is 11.6 Å². The Balaban J connectivity index is 3.05. The van der Waals surface area contributed by atoms with Crippen LogP contribution in [0, 0.1) is 11.3 Å². The van der Waals surface area contributed by atoms with Crippen LogP contribution in [0.1, 0.15) is 30.9 Å². The fourth-order valence-electron chi connectivity index (χ4n) is 1.56. The highest BCUT2D eigenvalue weighted by Crippen LogP contribution is 2.32. The summed E-state index contributed by atoms with van der Waals surface area (Å²) in [7, 11) is 0. The molecule has 1 aromatic carbocycles. The maximum absolute atomic E-state index is 12.8. The SMILES string of the molecule is CCCCOC(=O)/C(C#N)=C\c1ccccc1C(F)(F)F. The molecule has 112 valence electrons. The van der Waals surface area contributed by atoms with E-state index < -0.39 is 23.3 Å². The maximum Gasteiger partial charge on any atom is 0.416 e. The van der Waals surface area contributed by atoms with Crippen LogP contribution in [0.15, 0.2) is 29.8 Å². The lowest BCUT2D eigenvalue weighted by atomic mass is 10.0. The van der Waals surface area contributed by atoms with Gasteiger partial charge in [-0.25, -0.2) is 4.79 Å². The minimum Gasteiger partial charge on any atom is -0.462 e. The Hall–Kier alpha value is -2.29. The predicted molar refractivity (Wildman–Crippen MR) is 70.9 cm³/mol. The van der Waals surface area contributed by atoms with E-state index in [-0.39, 0.29) is 12.2 Å². The van der Waals surface area contributed by atoms with Gasteiger partial charge in [0, 0.05) is 0 Å². The molecule has 0 saturated heterocycles. The maximum atomic E-state index is 12.8. The second-order valence-corrected chi connectivity index (χ2v) is 4.24. The molecule has 0 fully saturated rings. The molecular weight excluding hydrogens is 283 g/mol. The van der Waals surface area contributed by atoms with Crippen LogP contribution in [0.2, 0.25) is 0 Å². The molecule has 0 aliphatic rings. The largest absolute Gasteiger partial charge is 0.462 e. The summed E-state index contributed by atoms with van der Waals surface area (Å²) in [4.78, 5) is 11.6. The van der Waals surface area contributed by atoms with Gasteiger partial charge in [0.25, 0.3) is 0 Å². The number of nitrogens with zero attached hydrogens (tertiary/aromatic N) is 1. The summed E-state index contributed by atoms with van der Waals surface area (Å²) >= 11 is 0. The molecule has 21 heavy (non-hydrogen) atoms. The van der Waals surface area contributed by atoms with Crippen LogP contribution >= 0.6 is 0 Å². The molecule has 0 amide bonds. The van der Waals surface area contributed by atoms with Crippen molar-refractivity contribution >= 4 is 12.0 Å². The highest BCUT2D eigenvalue weighted by molar-refractivity contribution is 5.98. The summed E-state index contributed by atoms with van der Waals surface area (Å²) in [5, 5.41) is 8.91. The lowest BCUT2D eigenvalue weighted by Gasteiger charge is -2.10. The molecular formula is C15H14F3NO2. The molecule has 1 aromatic rings. The molecule has 0 aromatic heterocycles. The normalized spacial score (nSPS) is 11.9. The number of hydrogen-bond donors (Lipinski definition) is 0. The van der Waals surface area contributed by atoms with Crippen molar-refractivity contribution in [3.63, 3.8) is 0 Å². The Morgan fingerprint density at radius 1 is 1.38 bits per heavy atom. The molecule has 0 bridgehead atoms. The summed E-state index contributed by atoms with van der Waals surface area (Å²) in [6.45, 7) is 2.03. The first-order valence-corrected chi connectivity index (χ1v) is 6.35. The van der Waals surface area contributed by atoms with Gasteiger partial charge >= 0.3 is 12.1 Å². The molecule has 0 saturated carbocycles. The fraction of sp³-hybridized carbons (Fsp3) is 0.333. The van der Waals surface area contributed by atoms with E-state index in [0.717, 1.165) is 18.6 Å². The van der Waals surface area contributed by atoms with Crippen LogP contribution in [0.25, 0.3) is 6.08 Å². The number of nitriles is 1. The summed E-state index contributed by atoms with van der Waals surface area (Å²) < 4.78 is 43.3. The van der Waals surface area contributed by atoms with Gasteiger partial charge in [-0.3, -0.25) is 0 Å². The van der Waals surface area contributed by atoms with Crippen molar-refractivity contribution in [3.8, 4) is 6.07 Å². The molecule has 0 spiro atoms. The molecule has 3 nitrogen and oxygen atoms in total. The number of rotatable bonds is 5. The summed E-state index contributed by atoms with van der Waals surface area (Å²) in [5.41, 5.74) is -1.60. The van der Waals surface area contributed by atoms with Crippen LogP contribution < -0.4 is 0 Å². The zero-order chi connectivity index (χ0) is 15.9. The number of halogens is 3. The number of esters is 1. The number of alkyl halides is 3. The fourth-order valence-corrected chi connectivity index (χ4v) is 1.56. The first kappa shape index (κ1) is 16.8. The van der Waals surface area contributed by atoms with Gasteiger partial charge in [-0.15, -0.1) is 0 Å². The Kier molecular flexibility index (Phi) is 5.97. The van der Waals surface area contributed by atoms with Crippen molar-refractivity contribution in [2.24, 2.45) is 0 Å². The van der Waals surface area contributed by atoms with Gasteiger partial charge < -0.3 is 4.74 Å². The number of carbonyl (C=O) groups excluding carboxylic acids is 1. The molecule has 0 unspecified atom stereocenters. The summed E-state index contributed by atoms with van der Waals surface area (Å²) in [5.74, 6) is -0.914. The lowest BCUT2D eigenvalue weighted by Crippen LogP contribution is -2.10. The second-order valence-electron chi connectivity index (χ2n) is 4.24. The quantitative estimate of drug-likeness (QED) is 0.358. The van der Waals surface area contributed by atoms with Crippen molar-refractivity contribution in [1.82, 2.24) is 0 Å². The Bertz CT molecular complexity index is 571. The van der Waals surface area contributed by atoms with Gasteiger partial charge in [-0.05, 0) is 24.1 Å². The molecule has 0 atom stereocenters. The van der Waals surface area contributed by atoms with E-state index in [1.165, 1.54) is 18.2 Å². The number of unbranched alkanes of at least 4 members (excludes halogenated alkanes) is 1. The zero-order valence-corrected chi connectivity index (χ0v) is 11.4. The highest BCUT2D eigenvalue weighted by Gasteiger charge is 2.32. The number of ether oxygens (including phenoxy) is 1. The molecule has 0 aliphatic carbocycles. The first-order chi connectivity index (χ1) is 9.90. The molecule has 0 N–H and O–H groups in total. The molecule has 1 rings (SSSR count). The van der Waals surface area contributed by atoms with E-state index in [9.17, 15) is 18.0 Å². The van der Waals surface area contributed by atoms with Crippen molar-refractivity contribution in [1.29, 1.82) is 5.26 Å². The Labute approximate surface area is 120 Å². The second kappa shape index (κ2) is 7.48. The van der Waals surface area contributed by atoms with E-state index in [1.807, 2.05) is 6.92 Å². The standard InChI is InChI=1S/C15H14F3NO2/c1-2-3-8-21-14(20)12(10-19)9-11-6-4-5-7-13(11)15(16,17)18/h4-7,9H,2-3,8H2,1H3/b12-9-. The minimum absolute atomic E-state index is 0.134. The minimum atomic E-state index is -4.56. The van der Waals surface area contributed by atoms with Crippen molar-refractivity contribution < 1.29 is 22.7 Å². The van der Waals surface area contributed by atoms with Crippen LogP contribution in [-0.2, 0) is 15.7 Å². The van der Waals surface area contributed by atoms with Crippen LogP contribution in [0.4, 0.5) is 13.2 Å². The van der Waals surface area contributed by atoms with E-state index in [0.29, 0.717) is 6.42 Å². The highest BCUT2D eigenvalue weighted by atomic mass is 19.4. The van der Waals surface area contributed by atoms with Gasteiger partial charge in [-0.1, -0.05) is 31.5 Å². The monoisotopic (exact) mass is 297 g/mol. The third-order valence-electron chi connectivity index (χ3n) is 2.64. The van der Waals surface area contributed by atoms with E-state index in [4.69, 9.17) is 10.00 Å². The van der Waals surface area contributed by atoms with Gasteiger partial charge in [0.2, 0.25) is 0 Å². The molecule has 0 aliphatic heterocycles. The smallest absolute Gasteiger partial charge is 0.416 e. The lowest BCUT2D eigenvalue weighted by molar-refractivity contribution is -0.139. The van der Waals surface area contributed by atoms with Crippen molar-refractivity contribution in [3.05, 3.63) is 41.0 Å². The Morgan fingerprint density at radius 2 is 2.05 bits per heavy atom. The van der Waals surface area contributed by atoms with Crippen LogP contribution in [0.5, 0.6) is 0 Å². The summed E-state index contributed by atoms with van der Waals surface area (Å²) in [6, 6.07) is 6.30. The van der Waals surface area contributed by atoms with Gasteiger partial charge in [-0.2, -0.15) is 18.4 Å². The van der Waals surface area contributed by atoms with Crippen molar-refractivity contribution in [2.45, 2.75) is 25.9 Å². The van der Waals surface area contributed by atoms with E-state index in [2.05, 4.69) is 0 Å². The first-order valence-electron chi connectivity index (χ1n) is 6.35. The van der Waals surface area contributed by atoms with Gasteiger partial charge in [0.15, 0.2) is 0 Å². The zero-order valence-electron chi connectivity index (χ0n) is 11.4. The van der Waals surface area contributed by atoms with Crippen LogP contribution in [0.3, 0.4) is 0 Å². The number of benzene rings is 1. The predicted octanol–water partition coefficient (Wildman–Crippen LogP) is 3.96. The third kappa shape index (κ3) is 4.95. The van der Waals surface area contributed by atoms with Crippen LogP contribution in [-0.4, -0.2) is 12.6 Å². The Morgan fingerprint density at radius 3 is 2.62 bits per heavy atom. The van der Waals surface area contributed by atoms with E-state index >= 15 is 0 Å². The average Bonchev–Trinajstić information content (AvgIpc) is 2.44. The van der Waals surface area contributed by atoms with Crippen molar-refractivity contribution in [2.75, 3.05) is 6.61 Å². The van der Waals surface area contributed by atoms with E-state index in [1.54, 1.807) is 6.07 Å².